The van der Waals surface area contributed by atoms with Gasteiger partial charge in [0.1, 0.15) is 5.69 Å². The van der Waals surface area contributed by atoms with Crippen molar-refractivity contribution in [2.24, 2.45) is 0 Å². The van der Waals surface area contributed by atoms with Crippen LogP contribution in [0.25, 0.3) is 0 Å². The van der Waals surface area contributed by atoms with E-state index < -0.39 is 28.6 Å². The maximum atomic E-state index is 13.6. The number of anilines is 2. The number of carbonyl (C=O) groups excluding carboxylic acids is 1. The Morgan fingerprint density at radius 1 is 1.48 bits per heavy atom. The summed E-state index contributed by atoms with van der Waals surface area (Å²) in [5.41, 5.74) is -0.537. The summed E-state index contributed by atoms with van der Waals surface area (Å²) in [6, 6.07) is 1.94. The zero-order valence-electron chi connectivity index (χ0n) is 11.8. The summed E-state index contributed by atoms with van der Waals surface area (Å²) in [6.07, 6.45) is -1.24. The number of carbonyl (C=O) groups is 1. The van der Waals surface area contributed by atoms with Gasteiger partial charge in [0.2, 0.25) is 6.23 Å². The summed E-state index contributed by atoms with van der Waals surface area (Å²) in [5, 5.41) is 16.0. The van der Waals surface area contributed by atoms with Crippen LogP contribution in [-0.4, -0.2) is 37.9 Å². The molecule has 1 rings (SSSR count). The predicted octanol–water partition coefficient (Wildman–Crippen LogP) is 1.72. The highest BCUT2D eigenvalue weighted by molar-refractivity contribution is 5.80. The molecule has 1 atom stereocenters. The minimum atomic E-state index is -1.24. The molecule has 0 heterocycles. The molecule has 0 aliphatic carbocycles. The first-order valence-corrected chi connectivity index (χ1v) is 6.06. The second-order valence-corrected chi connectivity index (χ2v) is 3.87. The first-order valence-electron chi connectivity index (χ1n) is 6.06. The third-order valence-electron chi connectivity index (χ3n) is 2.57. The van der Waals surface area contributed by atoms with Crippen molar-refractivity contribution in [2.45, 2.75) is 13.2 Å². The first kappa shape index (κ1) is 16.6. The largest absolute Gasteiger partial charge is 0.463 e. The Balaban J connectivity index is 3.15. The van der Waals surface area contributed by atoms with Gasteiger partial charge in [-0.3, -0.25) is 10.1 Å². The monoisotopic (exact) mass is 301 g/mol. The molecule has 8 nitrogen and oxygen atoms in total. The van der Waals surface area contributed by atoms with Crippen molar-refractivity contribution in [3.63, 3.8) is 0 Å². The van der Waals surface area contributed by atoms with Crippen LogP contribution in [0.3, 0.4) is 0 Å². The van der Waals surface area contributed by atoms with Crippen molar-refractivity contribution < 1.29 is 23.6 Å². The third kappa shape index (κ3) is 4.02. The number of esters is 1. The van der Waals surface area contributed by atoms with Gasteiger partial charge in [0.15, 0.2) is 5.82 Å². The molecular formula is C12H16FN3O5. The summed E-state index contributed by atoms with van der Waals surface area (Å²) in [4.78, 5) is 21.8. The molecule has 0 aliphatic rings. The van der Waals surface area contributed by atoms with Gasteiger partial charge in [-0.25, -0.2) is 9.18 Å². The quantitative estimate of drug-likeness (QED) is 0.342. The molecule has 2 N–H and O–H groups in total. The van der Waals surface area contributed by atoms with Crippen LogP contribution in [0, 0.1) is 15.9 Å². The van der Waals surface area contributed by atoms with Gasteiger partial charge in [-0.15, -0.1) is 0 Å². The Hall–Kier alpha value is -2.42. The topological polar surface area (TPSA) is 103 Å². The number of nitrogens with zero attached hydrogens (tertiary/aromatic N) is 1. The van der Waals surface area contributed by atoms with Gasteiger partial charge < -0.3 is 20.1 Å². The van der Waals surface area contributed by atoms with Gasteiger partial charge >= 0.3 is 5.97 Å². The van der Waals surface area contributed by atoms with Crippen molar-refractivity contribution in [2.75, 3.05) is 31.4 Å². The van der Waals surface area contributed by atoms with E-state index in [0.29, 0.717) is 0 Å². The van der Waals surface area contributed by atoms with Crippen molar-refractivity contribution >= 4 is 23.0 Å². The lowest BCUT2D eigenvalue weighted by Gasteiger charge is -2.17. The van der Waals surface area contributed by atoms with Crippen LogP contribution in [0.1, 0.15) is 6.92 Å². The number of halogens is 1. The van der Waals surface area contributed by atoms with E-state index in [-0.39, 0.29) is 18.0 Å². The highest BCUT2D eigenvalue weighted by Gasteiger charge is 2.25. The molecule has 0 bridgehead atoms. The summed E-state index contributed by atoms with van der Waals surface area (Å²) >= 11 is 0. The van der Waals surface area contributed by atoms with Crippen LogP contribution in [-0.2, 0) is 14.3 Å². The van der Waals surface area contributed by atoms with Crippen LogP contribution in [0.15, 0.2) is 12.1 Å². The number of nitro groups is 1. The molecule has 1 aromatic carbocycles. The number of nitrogens with one attached hydrogen (secondary N) is 2. The second-order valence-electron chi connectivity index (χ2n) is 3.87. The van der Waals surface area contributed by atoms with Crippen molar-refractivity contribution in [1.82, 2.24) is 0 Å². The van der Waals surface area contributed by atoms with E-state index in [4.69, 9.17) is 9.47 Å². The van der Waals surface area contributed by atoms with E-state index in [2.05, 4.69) is 10.6 Å². The lowest BCUT2D eigenvalue weighted by Crippen LogP contribution is -2.33. The number of hydrogen-bond donors (Lipinski definition) is 2. The molecule has 0 aromatic heterocycles. The molecule has 0 fully saturated rings. The number of ether oxygens (including phenoxy) is 2. The normalized spacial score (nSPS) is 11.6. The Labute approximate surface area is 120 Å². The third-order valence-corrected chi connectivity index (χ3v) is 2.57. The fourth-order valence-corrected chi connectivity index (χ4v) is 1.59. The Kier molecular flexibility index (Phi) is 5.85. The maximum Gasteiger partial charge on any atom is 0.356 e. The standard InChI is InChI=1S/C12H16FN3O5/c1-4-21-12(17)11(20-3)15-9-6-8(14-2)7(13)5-10(9)16(18)19/h5-6,11,14-15H,4H2,1-3H3. The highest BCUT2D eigenvalue weighted by Crippen LogP contribution is 2.31. The number of methoxy groups -OCH3 is 1. The Bertz CT molecular complexity index is 538. The van der Waals surface area contributed by atoms with E-state index in [0.717, 1.165) is 6.07 Å². The molecule has 0 saturated heterocycles. The Morgan fingerprint density at radius 2 is 2.14 bits per heavy atom. The van der Waals surface area contributed by atoms with Crippen LogP contribution in [0.4, 0.5) is 21.5 Å². The molecule has 0 radical (unpaired) electrons. The van der Waals surface area contributed by atoms with Gasteiger partial charge in [0.25, 0.3) is 5.69 Å². The van der Waals surface area contributed by atoms with E-state index in [1.54, 1.807) is 6.92 Å². The van der Waals surface area contributed by atoms with E-state index in [9.17, 15) is 19.3 Å². The first-order chi connectivity index (χ1) is 9.94. The van der Waals surface area contributed by atoms with Crippen LogP contribution in [0.5, 0.6) is 0 Å². The molecule has 1 unspecified atom stereocenters. The van der Waals surface area contributed by atoms with Crippen LogP contribution in [0.2, 0.25) is 0 Å². The van der Waals surface area contributed by atoms with Gasteiger partial charge in [-0.1, -0.05) is 0 Å². The SMILES string of the molecule is CCOC(=O)C(Nc1cc(NC)c(F)cc1[N+](=O)[O-])OC. The van der Waals surface area contributed by atoms with Crippen molar-refractivity contribution in [3.8, 4) is 0 Å². The molecule has 116 valence electrons. The zero-order valence-corrected chi connectivity index (χ0v) is 11.8. The van der Waals surface area contributed by atoms with Gasteiger partial charge in [0, 0.05) is 14.2 Å². The minimum Gasteiger partial charge on any atom is -0.463 e. The fourth-order valence-electron chi connectivity index (χ4n) is 1.59. The molecule has 0 aliphatic heterocycles. The van der Waals surface area contributed by atoms with Crippen LogP contribution < -0.4 is 10.6 Å². The van der Waals surface area contributed by atoms with Gasteiger partial charge in [-0.2, -0.15) is 0 Å². The van der Waals surface area contributed by atoms with Gasteiger partial charge in [-0.05, 0) is 13.0 Å². The molecule has 0 saturated carbocycles. The summed E-state index contributed by atoms with van der Waals surface area (Å²) in [7, 11) is 2.70. The van der Waals surface area contributed by atoms with Crippen molar-refractivity contribution in [3.05, 3.63) is 28.1 Å². The zero-order chi connectivity index (χ0) is 16.0. The summed E-state index contributed by atoms with van der Waals surface area (Å²) < 4.78 is 23.2. The molecule has 9 heteroatoms. The second kappa shape index (κ2) is 7.39. The smallest absolute Gasteiger partial charge is 0.356 e. The fraction of sp³-hybridized carbons (Fsp3) is 0.417. The molecule has 1 aromatic rings. The van der Waals surface area contributed by atoms with Gasteiger partial charge in [0.05, 0.1) is 23.3 Å². The lowest BCUT2D eigenvalue weighted by molar-refractivity contribution is -0.384. The number of nitro benzene ring substituents is 1. The Morgan fingerprint density at radius 3 is 2.62 bits per heavy atom. The van der Waals surface area contributed by atoms with E-state index in [1.165, 1.54) is 20.2 Å². The number of rotatable bonds is 7. The highest BCUT2D eigenvalue weighted by atomic mass is 19.1. The maximum absolute atomic E-state index is 13.6. The predicted molar refractivity (Wildman–Crippen MR) is 73.7 cm³/mol. The molecule has 21 heavy (non-hydrogen) atoms. The number of benzene rings is 1. The average Bonchev–Trinajstić information content (AvgIpc) is 2.45. The summed E-state index contributed by atoms with van der Waals surface area (Å²) in [6.45, 7) is 1.75. The lowest BCUT2D eigenvalue weighted by atomic mass is 10.2. The summed E-state index contributed by atoms with van der Waals surface area (Å²) in [5.74, 6) is -1.51. The van der Waals surface area contributed by atoms with Crippen LogP contribution >= 0.6 is 0 Å². The molecule has 0 amide bonds. The van der Waals surface area contributed by atoms with E-state index in [1.807, 2.05) is 0 Å². The minimum absolute atomic E-state index is 0.0433. The average molecular weight is 301 g/mol. The van der Waals surface area contributed by atoms with Crippen molar-refractivity contribution in [1.29, 1.82) is 0 Å². The molecular weight excluding hydrogens is 285 g/mol. The molecule has 0 spiro atoms. The van der Waals surface area contributed by atoms with E-state index >= 15 is 0 Å². The number of hydrogen-bond acceptors (Lipinski definition) is 7.